The van der Waals surface area contributed by atoms with E-state index < -0.39 is 0 Å². The molecule has 21 heavy (non-hydrogen) atoms. The molecule has 0 aliphatic carbocycles. The summed E-state index contributed by atoms with van der Waals surface area (Å²) in [6.07, 6.45) is 3.45. The Kier molecular flexibility index (Phi) is 3.78. The van der Waals surface area contributed by atoms with Crippen LogP contribution in [0, 0.1) is 0 Å². The molecule has 2 N–H and O–H groups in total. The average Bonchev–Trinajstić information content (AvgIpc) is 3.04. The lowest BCUT2D eigenvalue weighted by atomic mass is 10.3. The van der Waals surface area contributed by atoms with E-state index in [0.717, 1.165) is 10.2 Å². The van der Waals surface area contributed by atoms with Gasteiger partial charge in [-0.15, -0.1) is 0 Å². The molecule has 0 atom stereocenters. The highest BCUT2D eigenvalue weighted by Gasteiger charge is 2.08. The number of anilines is 3. The molecule has 0 aliphatic rings. The van der Waals surface area contributed by atoms with Crippen molar-refractivity contribution < 1.29 is 0 Å². The molecule has 0 amide bonds. The van der Waals surface area contributed by atoms with Crippen molar-refractivity contribution in [2.45, 2.75) is 0 Å². The predicted molar refractivity (Wildman–Crippen MR) is 83.9 cm³/mol. The molecule has 8 heteroatoms. The van der Waals surface area contributed by atoms with E-state index >= 15 is 0 Å². The molecule has 0 unspecified atom stereocenters. The Hall–Kier alpha value is -2.48. The van der Waals surface area contributed by atoms with Gasteiger partial charge in [-0.25, -0.2) is 4.68 Å². The highest BCUT2D eigenvalue weighted by Crippen LogP contribution is 2.18. The maximum Gasteiger partial charge on any atom is 0.257 e. The molecule has 0 aliphatic heterocycles. The quantitative estimate of drug-likeness (QED) is 0.756. The monoisotopic (exact) mass is 345 g/mol. The van der Waals surface area contributed by atoms with Gasteiger partial charge in [0.05, 0.1) is 0 Å². The molecule has 0 spiro atoms. The molecule has 0 bridgehead atoms. The van der Waals surface area contributed by atoms with E-state index in [2.05, 4.69) is 46.6 Å². The van der Waals surface area contributed by atoms with Crippen LogP contribution in [-0.2, 0) is 0 Å². The van der Waals surface area contributed by atoms with Crippen molar-refractivity contribution in [1.82, 2.24) is 24.7 Å². The number of hydrogen-bond acceptors (Lipinski definition) is 6. The number of nitrogens with one attached hydrogen (secondary N) is 2. The zero-order valence-electron chi connectivity index (χ0n) is 11.2. The van der Waals surface area contributed by atoms with Crippen LogP contribution in [0.25, 0.3) is 5.95 Å². The number of halogens is 1. The third-order valence-corrected chi connectivity index (χ3v) is 3.19. The summed E-state index contributed by atoms with van der Waals surface area (Å²) in [6.45, 7) is 0. The summed E-state index contributed by atoms with van der Waals surface area (Å²) in [5, 5.41) is 10.2. The van der Waals surface area contributed by atoms with Crippen LogP contribution in [0.1, 0.15) is 0 Å². The van der Waals surface area contributed by atoms with Gasteiger partial charge in [-0.1, -0.05) is 15.9 Å². The summed E-state index contributed by atoms with van der Waals surface area (Å²) in [5.74, 6) is 1.36. The molecule has 3 aromatic rings. The first-order valence-electron chi connectivity index (χ1n) is 6.21. The number of hydrogen-bond donors (Lipinski definition) is 2. The minimum atomic E-state index is 0.443. The van der Waals surface area contributed by atoms with Crippen LogP contribution in [0.4, 0.5) is 17.6 Å². The van der Waals surface area contributed by atoms with Gasteiger partial charge >= 0.3 is 0 Å². The Morgan fingerprint density at radius 3 is 2.48 bits per heavy atom. The summed E-state index contributed by atoms with van der Waals surface area (Å²) >= 11 is 3.40. The molecule has 0 fully saturated rings. The van der Waals surface area contributed by atoms with Crippen LogP contribution in [-0.4, -0.2) is 31.8 Å². The van der Waals surface area contributed by atoms with Crippen molar-refractivity contribution in [3.8, 4) is 5.95 Å². The van der Waals surface area contributed by atoms with Gasteiger partial charge in [-0.3, -0.25) is 0 Å². The molecule has 1 aromatic carbocycles. The predicted octanol–water partition coefficient (Wildman–Crippen LogP) is 2.61. The number of rotatable bonds is 4. The SMILES string of the molecule is CNc1nc(Nc2ccc(Br)cc2)nc(-n2cccn2)n1. The maximum absolute atomic E-state index is 4.36. The van der Waals surface area contributed by atoms with Crippen LogP contribution in [0.2, 0.25) is 0 Å². The summed E-state index contributed by atoms with van der Waals surface area (Å²) in [4.78, 5) is 12.9. The first-order chi connectivity index (χ1) is 10.2. The zero-order valence-corrected chi connectivity index (χ0v) is 12.7. The van der Waals surface area contributed by atoms with Crippen molar-refractivity contribution in [3.05, 3.63) is 47.2 Å². The van der Waals surface area contributed by atoms with E-state index in [-0.39, 0.29) is 0 Å². The second kappa shape index (κ2) is 5.88. The molecule has 0 saturated heterocycles. The van der Waals surface area contributed by atoms with Gasteiger partial charge in [-0.05, 0) is 30.3 Å². The molecular formula is C13H12BrN7. The highest BCUT2D eigenvalue weighted by molar-refractivity contribution is 9.10. The van der Waals surface area contributed by atoms with Crippen molar-refractivity contribution in [1.29, 1.82) is 0 Å². The first kappa shape index (κ1) is 13.5. The van der Waals surface area contributed by atoms with E-state index in [1.54, 1.807) is 24.1 Å². The Bertz CT molecular complexity index is 725. The Balaban J connectivity index is 1.94. The standard InChI is InChI=1S/C13H12BrN7/c1-15-11-18-12(17-10-5-3-9(14)4-6-10)20-13(19-11)21-8-2-7-16-21/h2-8H,1H3,(H2,15,17,18,19,20). The Labute approximate surface area is 129 Å². The lowest BCUT2D eigenvalue weighted by molar-refractivity contribution is 0.800. The normalized spacial score (nSPS) is 10.4. The van der Waals surface area contributed by atoms with Crippen LogP contribution in [0.3, 0.4) is 0 Å². The summed E-state index contributed by atoms with van der Waals surface area (Å²) < 4.78 is 2.59. The topological polar surface area (TPSA) is 80.5 Å². The van der Waals surface area contributed by atoms with Gasteiger partial charge < -0.3 is 10.6 Å². The highest BCUT2D eigenvalue weighted by atomic mass is 79.9. The summed E-state index contributed by atoms with van der Waals surface area (Å²) in [6, 6.07) is 9.56. The van der Waals surface area contributed by atoms with Gasteiger partial charge in [-0.2, -0.15) is 20.1 Å². The van der Waals surface area contributed by atoms with Gasteiger partial charge in [0.15, 0.2) is 0 Å². The zero-order chi connectivity index (χ0) is 14.7. The third-order valence-electron chi connectivity index (χ3n) is 2.66. The molecule has 2 heterocycles. The van der Waals surface area contributed by atoms with E-state index in [1.165, 1.54) is 0 Å². The molecule has 106 valence electrons. The summed E-state index contributed by atoms with van der Waals surface area (Å²) in [7, 11) is 1.76. The number of nitrogens with zero attached hydrogens (tertiary/aromatic N) is 5. The summed E-state index contributed by atoms with van der Waals surface area (Å²) in [5.41, 5.74) is 0.887. The largest absolute Gasteiger partial charge is 0.357 e. The minimum absolute atomic E-state index is 0.443. The van der Waals surface area contributed by atoms with Crippen LogP contribution >= 0.6 is 15.9 Å². The molecule has 7 nitrogen and oxygen atoms in total. The van der Waals surface area contributed by atoms with Gasteiger partial charge in [0, 0.05) is 29.6 Å². The van der Waals surface area contributed by atoms with Crippen LogP contribution < -0.4 is 10.6 Å². The van der Waals surface area contributed by atoms with E-state index in [1.807, 2.05) is 30.3 Å². The fourth-order valence-corrected chi connectivity index (χ4v) is 1.95. The number of benzene rings is 1. The molecule has 0 radical (unpaired) electrons. The Morgan fingerprint density at radius 1 is 1.05 bits per heavy atom. The van der Waals surface area contributed by atoms with Crippen molar-refractivity contribution in [3.63, 3.8) is 0 Å². The van der Waals surface area contributed by atoms with Crippen LogP contribution in [0.5, 0.6) is 0 Å². The molecule has 3 rings (SSSR count). The minimum Gasteiger partial charge on any atom is -0.357 e. The molecule has 2 aromatic heterocycles. The van der Waals surface area contributed by atoms with Crippen molar-refractivity contribution in [2.75, 3.05) is 17.7 Å². The Morgan fingerprint density at radius 2 is 1.81 bits per heavy atom. The van der Waals surface area contributed by atoms with Gasteiger partial charge in [0.1, 0.15) is 0 Å². The molecule has 0 saturated carbocycles. The van der Waals surface area contributed by atoms with Crippen LogP contribution in [0.15, 0.2) is 47.2 Å². The fourth-order valence-electron chi connectivity index (χ4n) is 1.68. The maximum atomic E-state index is 4.36. The average molecular weight is 346 g/mol. The number of aromatic nitrogens is 5. The first-order valence-corrected chi connectivity index (χ1v) is 7.00. The second-order valence-electron chi connectivity index (χ2n) is 4.12. The van der Waals surface area contributed by atoms with E-state index in [4.69, 9.17) is 0 Å². The van der Waals surface area contributed by atoms with E-state index in [0.29, 0.717) is 17.8 Å². The second-order valence-corrected chi connectivity index (χ2v) is 5.03. The van der Waals surface area contributed by atoms with Crippen molar-refractivity contribution in [2.24, 2.45) is 0 Å². The van der Waals surface area contributed by atoms with Gasteiger partial charge in [0.25, 0.3) is 5.95 Å². The smallest absolute Gasteiger partial charge is 0.257 e. The van der Waals surface area contributed by atoms with Gasteiger partial charge in [0.2, 0.25) is 11.9 Å². The van der Waals surface area contributed by atoms with E-state index in [9.17, 15) is 0 Å². The molecular weight excluding hydrogens is 334 g/mol. The third kappa shape index (κ3) is 3.16. The fraction of sp³-hybridized carbons (Fsp3) is 0.0769. The van der Waals surface area contributed by atoms with Crippen molar-refractivity contribution >= 4 is 33.5 Å². The lowest BCUT2D eigenvalue weighted by Crippen LogP contribution is -2.09. The lowest BCUT2D eigenvalue weighted by Gasteiger charge is -2.08.